The molecular formula is C22H20Cl2N2O3S. The molecule has 1 heterocycles. The summed E-state index contributed by atoms with van der Waals surface area (Å²) in [7, 11) is 0. The van der Waals surface area contributed by atoms with Crippen molar-refractivity contribution in [2.75, 3.05) is 11.1 Å². The topological polar surface area (TPSA) is 72.2 Å². The minimum atomic E-state index is -0.341. The molecule has 2 aromatic carbocycles. The normalized spacial score (nSPS) is 10.9. The molecule has 3 rings (SSSR count). The second-order valence-electron chi connectivity index (χ2n) is 6.96. The lowest BCUT2D eigenvalue weighted by Gasteiger charge is -2.12. The van der Waals surface area contributed by atoms with Gasteiger partial charge >= 0.3 is 0 Å². The summed E-state index contributed by atoms with van der Waals surface area (Å²) in [4.78, 5) is 25.3. The Labute approximate surface area is 189 Å². The van der Waals surface area contributed by atoms with Gasteiger partial charge in [-0.25, -0.2) is 0 Å². The summed E-state index contributed by atoms with van der Waals surface area (Å²) in [6.45, 7) is 7.51. The van der Waals surface area contributed by atoms with Crippen molar-refractivity contribution in [3.8, 4) is 11.3 Å². The van der Waals surface area contributed by atoms with Crippen LogP contribution in [0, 0.1) is 27.7 Å². The first-order chi connectivity index (χ1) is 14.2. The smallest absolute Gasteiger partial charge is 0.234 e. The van der Waals surface area contributed by atoms with Crippen LogP contribution in [-0.4, -0.2) is 21.9 Å². The van der Waals surface area contributed by atoms with E-state index in [-0.39, 0.29) is 28.0 Å². The fraction of sp³-hybridized carbons (Fsp3) is 0.227. The van der Waals surface area contributed by atoms with Gasteiger partial charge in [0.2, 0.25) is 11.0 Å². The van der Waals surface area contributed by atoms with Gasteiger partial charge in [0.1, 0.15) is 11.5 Å². The molecule has 0 radical (unpaired) electrons. The second-order valence-corrected chi connectivity index (χ2v) is 8.72. The van der Waals surface area contributed by atoms with Crippen LogP contribution in [0.2, 0.25) is 10.0 Å². The van der Waals surface area contributed by atoms with Crippen molar-refractivity contribution in [3.05, 3.63) is 68.4 Å². The molecule has 5 nitrogen and oxygen atoms in total. The Morgan fingerprint density at radius 2 is 1.67 bits per heavy atom. The van der Waals surface area contributed by atoms with E-state index in [1.807, 2.05) is 32.9 Å². The summed E-state index contributed by atoms with van der Waals surface area (Å²) in [5.41, 5.74) is 4.80. The van der Waals surface area contributed by atoms with Gasteiger partial charge in [0.05, 0.1) is 21.4 Å². The molecule has 156 valence electrons. The first-order valence-corrected chi connectivity index (χ1v) is 10.9. The Morgan fingerprint density at radius 3 is 2.27 bits per heavy atom. The van der Waals surface area contributed by atoms with Gasteiger partial charge in [-0.15, -0.1) is 0 Å². The van der Waals surface area contributed by atoms with Gasteiger partial charge in [0.25, 0.3) is 0 Å². The van der Waals surface area contributed by atoms with Crippen molar-refractivity contribution in [2.24, 2.45) is 0 Å². The van der Waals surface area contributed by atoms with E-state index < -0.39 is 0 Å². The number of benzene rings is 2. The second kappa shape index (κ2) is 9.25. The molecule has 0 bridgehead atoms. The van der Waals surface area contributed by atoms with Gasteiger partial charge in [0, 0.05) is 11.3 Å². The van der Waals surface area contributed by atoms with Crippen molar-refractivity contribution in [3.63, 3.8) is 0 Å². The van der Waals surface area contributed by atoms with Crippen LogP contribution in [0.25, 0.3) is 11.3 Å². The number of rotatable bonds is 5. The van der Waals surface area contributed by atoms with Gasteiger partial charge in [-0.3, -0.25) is 9.59 Å². The van der Waals surface area contributed by atoms with E-state index in [0.29, 0.717) is 21.4 Å². The van der Waals surface area contributed by atoms with Crippen LogP contribution in [-0.2, 0) is 4.79 Å². The van der Waals surface area contributed by atoms with E-state index >= 15 is 0 Å². The fourth-order valence-electron chi connectivity index (χ4n) is 3.26. The highest BCUT2D eigenvalue weighted by molar-refractivity contribution is 8.14. The minimum absolute atomic E-state index is 0.0497. The third kappa shape index (κ3) is 4.72. The molecule has 0 unspecified atom stereocenters. The van der Waals surface area contributed by atoms with Gasteiger partial charge in [-0.05, 0) is 51.0 Å². The maximum Gasteiger partial charge on any atom is 0.234 e. The van der Waals surface area contributed by atoms with E-state index in [2.05, 4.69) is 10.5 Å². The number of halogens is 2. The maximum atomic E-state index is 12.9. The highest BCUT2D eigenvalue weighted by Crippen LogP contribution is 2.38. The Morgan fingerprint density at radius 1 is 1.07 bits per heavy atom. The highest BCUT2D eigenvalue weighted by Gasteiger charge is 2.25. The zero-order valence-electron chi connectivity index (χ0n) is 16.9. The number of aromatic nitrogens is 1. The monoisotopic (exact) mass is 462 g/mol. The molecule has 0 aliphatic carbocycles. The number of nitrogens with zero attached hydrogens (tertiary/aromatic N) is 1. The number of carbonyl (C=O) groups is 2. The standard InChI is InChI=1S/C22H20Cl2N2O3S/c1-11-8-12(2)20(13(3)9-11)25-17(27)10-30-22(28)18-14(4)29-26-21(18)19-15(23)6-5-7-16(19)24/h5-9H,10H2,1-4H3,(H,25,27). The molecule has 0 aliphatic rings. The van der Waals surface area contributed by atoms with Crippen LogP contribution < -0.4 is 5.32 Å². The quantitative estimate of drug-likeness (QED) is 0.475. The van der Waals surface area contributed by atoms with Crippen LogP contribution in [0.4, 0.5) is 5.69 Å². The number of thioether (sulfide) groups is 1. The molecule has 0 aliphatic heterocycles. The van der Waals surface area contributed by atoms with E-state index in [1.54, 1.807) is 25.1 Å². The molecule has 0 atom stereocenters. The third-order valence-corrected chi connectivity index (χ3v) is 6.05. The first kappa shape index (κ1) is 22.4. The molecule has 1 N–H and O–H groups in total. The third-order valence-electron chi connectivity index (χ3n) is 4.54. The first-order valence-electron chi connectivity index (χ1n) is 9.14. The van der Waals surface area contributed by atoms with E-state index in [1.165, 1.54) is 0 Å². The molecule has 30 heavy (non-hydrogen) atoms. The Balaban J connectivity index is 1.77. The van der Waals surface area contributed by atoms with Gasteiger partial charge in [0.15, 0.2) is 0 Å². The van der Waals surface area contributed by atoms with Crippen molar-refractivity contribution in [2.45, 2.75) is 27.7 Å². The van der Waals surface area contributed by atoms with Crippen molar-refractivity contribution >= 4 is 51.7 Å². The molecular weight excluding hydrogens is 443 g/mol. The van der Waals surface area contributed by atoms with Crippen molar-refractivity contribution < 1.29 is 14.1 Å². The van der Waals surface area contributed by atoms with Gasteiger partial charge < -0.3 is 9.84 Å². The number of hydrogen-bond acceptors (Lipinski definition) is 5. The number of anilines is 1. The fourth-order valence-corrected chi connectivity index (χ4v) is 4.56. The molecule has 0 saturated heterocycles. The highest BCUT2D eigenvalue weighted by atomic mass is 35.5. The number of nitrogens with one attached hydrogen (secondary N) is 1. The molecule has 0 fully saturated rings. The molecule has 3 aromatic rings. The summed E-state index contributed by atoms with van der Waals surface area (Å²) in [6, 6.07) is 9.03. The minimum Gasteiger partial charge on any atom is -0.360 e. The predicted octanol–water partition coefficient (Wildman–Crippen LogP) is 6.39. The van der Waals surface area contributed by atoms with E-state index in [0.717, 1.165) is 34.1 Å². The Bertz CT molecular complexity index is 1100. The summed E-state index contributed by atoms with van der Waals surface area (Å²) < 4.78 is 5.22. The summed E-state index contributed by atoms with van der Waals surface area (Å²) in [5, 5.41) is 7.25. The lowest BCUT2D eigenvalue weighted by molar-refractivity contribution is -0.113. The number of carbonyl (C=O) groups excluding carboxylic acids is 2. The zero-order chi connectivity index (χ0) is 22.0. The zero-order valence-corrected chi connectivity index (χ0v) is 19.3. The SMILES string of the molecule is Cc1cc(C)c(NC(=O)CSC(=O)c2c(-c3c(Cl)cccc3Cl)noc2C)c(C)c1. The number of aryl methyl sites for hydroxylation is 4. The Hall–Kier alpha value is -2.28. The maximum absolute atomic E-state index is 12.9. The summed E-state index contributed by atoms with van der Waals surface area (Å²) in [6.07, 6.45) is 0. The summed E-state index contributed by atoms with van der Waals surface area (Å²) in [5.74, 6) is 0.0188. The Kier molecular flexibility index (Phi) is 6.91. The van der Waals surface area contributed by atoms with Crippen LogP contribution in [0.1, 0.15) is 32.8 Å². The van der Waals surface area contributed by atoms with E-state index in [9.17, 15) is 9.59 Å². The van der Waals surface area contributed by atoms with Crippen LogP contribution in [0.5, 0.6) is 0 Å². The van der Waals surface area contributed by atoms with Crippen molar-refractivity contribution in [1.82, 2.24) is 5.16 Å². The largest absolute Gasteiger partial charge is 0.360 e. The average Bonchev–Trinajstić information content (AvgIpc) is 3.04. The molecule has 8 heteroatoms. The average molecular weight is 463 g/mol. The van der Waals surface area contributed by atoms with Gasteiger partial charge in [-0.2, -0.15) is 0 Å². The lowest BCUT2D eigenvalue weighted by Crippen LogP contribution is -2.17. The van der Waals surface area contributed by atoms with Crippen LogP contribution in [0.3, 0.4) is 0 Å². The predicted molar refractivity (Wildman–Crippen MR) is 123 cm³/mol. The molecule has 1 amide bonds. The number of amides is 1. The molecule has 0 spiro atoms. The lowest BCUT2D eigenvalue weighted by atomic mass is 10.1. The van der Waals surface area contributed by atoms with Gasteiger partial charge in [-0.1, -0.05) is 63.9 Å². The molecule has 0 saturated carbocycles. The van der Waals surface area contributed by atoms with Crippen LogP contribution >= 0.6 is 35.0 Å². The summed E-state index contributed by atoms with van der Waals surface area (Å²) >= 11 is 13.4. The van der Waals surface area contributed by atoms with Crippen molar-refractivity contribution in [1.29, 1.82) is 0 Å². The number of hydrogen-bond donors (Lipinski definition) is 1. The van der Waals surface area contributed by atoms with E-state index in [4.69, 9.17) is 27.7 Å². The molecule has 1 aromatic heterocycles. The van der Waals surface area contributed by atoms with Crippen LogP contribution in [0.15, 0.2) is 34.9 Å².